The number of nitrogens with zero attached hydrogens (tertiary/aromatic N) is 3. The van der Waals surface area contributed by atoms with Gasteiger partial charge in [-0.1, -0.05) is 0 Å². The van der Waals surface area contributed by atoms with Gasteiger partial charge >= 0.3 is 0 Å². The average molecular weight is 208 g/mol. The Hall–Kier alpha value is -1.03. The number of aromatic nitrogens is 2. The van der Waals surface area contributed by atoms with Gasteiger partial charge in [-0.2, -0.15) is 5.10 Å². The fourth-order valence-electron chi connectivity index (χ4n) is 1.99. The lowest BCUT2D eigenvalue weighted by molar-refractivity contribution is 0.263. The van der Waals surface area contributed by atoms with Gasteiger partial charge in [-0.25, -0.2) is 0 Å². The molecule has 1 aliphatic heterocycles. The van der Waals surface area contributed by atoms with Crippen LogP contribution in [0.2, 0.25) is 0 Å². The van der Waals surface area contributed by atoms with E-state index in [0.717, 1.165) is 5.82 Å². The number of anilines is 1. The second-order valence-electron chi connectivity index (χ2n) is 4.52. The smallest absolute Gasteiger partial charge is 0.148 e. The highest BCUT2D eigenvalue weighted by Gasteiger charge is 2.17. The van der Waals surface area contributed by atoms with Gasteiger partial charge in [-0.05, 0) is 39.9 Å². The van der Waals surface area contributed by atoms with Crippen LogP contribution in [0.3, 0.4) is 0 Å². The number of hydrogen-bond donors (Lipinski definition) is 1. The van der Waals surface area contributed by atoms with Crippen molar-refractivity contribution in [2.75, 3.05) is 25.5 Å². The highest BCUT2D eigenvalue weighted by molar-refractivity contribution is 5.36. The first kappa shape index (κ1) is 10.5. The standard InChI is InChI=1S/C11H20N4/c1-9-8-11(13-15(9)3)12-10-4-6-14(2)7-5-10/h8,10H,4-7H2,1-3H3,(H,12,13). The van der Waals surface area contributed by atoms with Crippen LogP contribution in [0.15, 0.2) is 6.07 Å². The molecule has 2 rings (SSSR count). The van der Waals surface area contributed by atoms with Crippen molar-refractivity contribution in [3.8, 4) is 0 Å². The number of hydrogen-bond acceptors (Lipinski definition) is 3. The summed E-state index contributed by atoms with van der Waals surface area (Å²) in [5, 5.41) is 7.92. The predicted octanol–water partition coefficient (Wildman–Crippen LogP) is 1.23. The molecule has 0 bridgehead atoms. The van der Waals surface area contributed by atoms with E-state index in [9.17, 15) is 0 Å². The zero-order valence-electron chi connectivity index (χ0n) is 9.82. The Morgan fingerprint density at radius 2 is 2.00 bits per heavy atom. The fourth-order valence-corrected chi connectivity index (χ4v) is 1.99. The summed E-state index contributed by atoms with van der Waals surface area (Å²) in [6.07, 6.45) is 2.43. The minimum atomic E-state index is 0.593. The minimum absolute atomic E-state index is 0.593. The molecule has 1 N–H and O–H groups in total. The van der Waals surface area contributed by atoms with E-state index >= 15 is 0 Å². The summed E-state index contributed by atoms with van der Waals surface area (Å²) in [7, 11) is 4.16. The van der Waals surface area contributed by atoms with Gasteiger partial charge in [0.05, 0.1) is 0 Å². The zero-order valence-corrected chi connectivity index (χ0v) is 9.82. The molecule has 0 unspecified atom stereocenters. The molecule has 0 aliphatic carbocycles. The second-order valence-corrected chi connectivity index (χ2v) is 4.52. The van der Waals surface area contributed by atoms with Crippen LogP contribution in [0.25, 0.3) is 0 Å². The number of rotatable bonds is 2. The summed E-state index contributed by atoms with van der Waals surface area (Å²) in [6.45, 7) is 4.44. The molecular formula is C11H20N4. The number of aryl methyl sites for hydroxylation is 2. The Morgan fingerprint density at radius 3 is 2.53 bits per heavy atom. The molecule has 0 amide bonds. The maximum absolute atomic E-state index is 4.42. The van der Waals surface area contributed by atoms with E-state index in [1.165, 1.54) is 31.6 Å². The normalized spacial score (nSPS) is 19.4. The van der Waals surface area contributed by atoms with E-state index < -0.39 is 0 Å². The molecule has 1 aromatic heterocycles. The summed E-state index contributed by atoms with van der Waals surface area (Å²) in [6, 6.07) is 2.70. The van der Waals surface area contributed by atoms with Crippen molar-refractivity contribution in [2.24, 2.45) is 7.05 Å². The number of piperidine rings is 1. The monoisotopic (exact) mass is 208 g/mol. The molecule has 0 aromatic carbocycles. The molecule has 2 heterocycles. The SMILES string of the molecule is Cc1cc(NC2CCN(C)CC2)nn1C. The van der Waals surface area contributed by atoms with Crippen molar-refractivity contribution in [3.05, 3.63) is 11.8 Å². The van der Waals surface area contributed by atoms with Crippen molar-refractivity contribution in [3.63, 3.8) is 0 Å². The molecule has 4 heteroatoms. The molecule has 0 saturated carbocycles. The van der Waals surface area contributed by atoms with Gasteiger partial charge in [0.2, 0.25) is 0 Å². The van der Waals surface area contributed by atoms with Crippen LogP contribution in [0.4, 0.5) is 5.82 Å². The van der Waals surface area contributed by atoms with Crippen LogP contribution in [0.5, 0.6) is 0 Å². The molecule has 4 nitrogen and oxygen atoms in total. The van der Waals surface area contributed by atoms with Gasteiger partial charge in [0.1, 0.15) is 5.82 Å². The van der Waals surface area contributed by atoms with E-state index in [-0.39, 0.29) is 0 Å². The third-order valence-electron chi connectivity index (χ3n) is 3.18. The maximum atomic E-state index is 4.42. The topological polar surface area (TPSA) is 33.1 Å². The first-order valence-corrected chi connectivity index (χ1v) is 5.61. The van der Waals surface area contributed by atoms with Crippen molar-refractivity contribution in [1.82, 2.24) is 14.7 Å². The van der Waals surface area contributed by atoms with Gasteiger partial charge < -0.3 is 10.2 Å². The Balaban J connectivity index is 1.91. The van der Waals surface area contributed by atoms with Gasteiger partial charge in [0, 0.05) is 24.8 Å². The number of likely N-dealkylation sites (tertiary alicyclic amines) is 1. The van der Waals surface area contributed by atoms with Gasteiger partial charge in [-0.15, -0.1) is 0 Å². The molecule has 0 radical (unpaired) electrons. The third kappa shape index (κ3) is 2.50. The summed E-state index contributed by atoms with van der Waals surface area (Å²) in [5.41, 5.74) is 1.20. The quantitative estimate of drug-likeness (QED) is 0.793. The lowest BCUT2D eigenvalue weighted by atomic mass is 10.1. The Labute approximate surface area is 91.3 Å². The van der Waals surface area contributed by atoms with E-state index in [0.29, 0.717) is 6.04 Å². The Bertz CT molecular complexity index is 304. The van der Waals surface area contributed by atoms with Crippen LogP contribution in [-0.4, -0.2) is 40.9 Å². The van der Waals surface area contributed by atoms with E-state index in [4.69, 9.17) is 0 Å². The summed E-state index contributed by atoms with van der Waals surface area (Å²) in [5.74, 6) is 1.02. The van der Waals surface area contributed by atoms with E-state index in [1.807, 2.05) is 11.7 Å². The summed E-state index contributed by atoms with van der Waals surface area (Å²) >= 11 is 0. The first-order chi connectivity index (χ1) is 7.15. The highest BCUT2D eigenvalue weighted by atomic mass is 15.3. The van der Waals surface area contributed by atoms with E-state index in [1.54, 1.807) is 0 Å². The van der Waals surface area contributed by atoms with Crippen LogP contribution in [-0.2, 0) is 7.05 Å². The average Bonchev–Trinajstić information content (AvgIpc) is 2.50. The van der Waals surface area contributed by atoms with Crippen LogP contribution in [0, 0.1) is 6.92 Å². The van der Waals surface area contributed by atoms with Crippen molar-refractivity contribution >= 4 is 5.82 Å². The van der Waals surface area contributed by atoms with Crippen molar-refractivity contribution < 1.29 is 0 Å². The zero-order chi connectivity index (χ0) is 10.8. The summed E-state index contributed by atoms with van der Waals surface area (Å²) < 4.78 is 1.91. The Morgan fingerprint density at radius 1 is 1.33 bits per heavy atom. The van der Waals surface area contributed by atoms with Crippen LogP contribution in [0.1, 0.15) is 18.5 Å². The molecule has 1 aliphatic rings. The molecular weight excluding hydrogens is 188 g/mol. The number of nitrogens with one attached hydrogen (secondary N) is 1. The molecule has 1 saturated heterocycles. The highest BCUT2D eigenvalue weighted by Crippen LogP contribution is 2.15. The van der Waals surface area contributed by atoms with Gasteiger partial charge in [-0.3, -0.25) is 4.68 Å². The molecule has 0 atom stereocenters. The first-order valence-electron chi connectivity index (χ1n) is 5.61. The van der Waals surface area contributed by atoms with Gasteiger partial charge in [0.25, 0.3) is 0 Å². The molecule has 1 aromatic rings. The summed E-state index contributed by atoms with van der Waals surface area (Å²) in [4.78, 5) is 2.38. The predicted molar refractivity (Wildman–Crippen MR) is 62.1 cm³/mol. The van der Waals surface area contributed by atoms with Crippen LogP contribution >= 0.6 is 0 Å². The lowest BCUT2D eigenvalue weighted by Gasteiger charge is -2.29. The minimum Gasteiger partial charge on any atom is -0.366 e. The molecule has 84 valence electrons. The van der Waals surface area contributed by atoms with E-state index in [2.05, 4.69) is 35.4 Å². The molecule has 1 fully saturated rings. The molecule has 0 spiro atoms. The van der Waals surface area contributed by atoms with Gasteiger partial charge in [0.15, 0.2) is 0 Å². The third-order valence-corrected chi connectivity index (χ3v) is 3.18. The Kier molecular flexibility index (Phi) is 2.95. The van der Waals surface area contributed by atoms with Crippen LogP contribution < -0.4 is 5.32 Å². The molecule has 15 heavy (non-hydrogen) atoms. The largest absolute Gasteiger partial charge is 0.366 e. The van der Waals surface area contributed by atoms with Crippen molar-refractivity contribution in [2.45, 2.75) is 25.8 Å². The second kappa shape index (κ2) is 4.23. The lowest BCUT2D eigenvalue weighted by Crippen LogP contribution is -2.36. The van der Waals surface area contributed by atoms with Crippen molar-refractivity contribution in [1.29, 1.82) is 0 Å². The maximum Gasteiger partial charge on any atom is 0.148 e. The fraction of sp³-hybridized carbons (Fsp3) is 0.727.